The Hall–Kier alpha value is -3.00. The predicted octanol–water partition coefficient (Wildman–Crippen LogP) is 6.56. The van der Waals surface area contributed by atoms with Crippen molar-refractivity contribution in [3.8, 4) is 11.8 Å². The largest absolute Gasteiger partial charge is 0.321 e. The van der Waals surface area contributed by atoms with E-state index in [1.165, 1.54) is 0 Å². The van der Waals surface area contributed by atoms with Crippen LogP contribution in [-0.4, -0.2) is 10.5 Å². The molecule has 0 radical (unpaired) electrons. The monoisotopic (exact) mass is 437 g/mol. The van der Waals surface area contributed by atoms with E-state index in [0.29, 0.717) is 15.7 Å². The summed E-state index contributed by atoms with van der Waals surface area (Å²) in [6, 6.07) is 15.0. The minimum atomic E-state index is -0.481. The fourth-order valence-corrected chi connectivity index (χ4v) is 3.62. The average molecular weight is 438 g/mol. The van der Waals surface area contributed by atoms with E-state index in [-0.39, 0.29) is 5.57 Å². The molecule has 1 amide bonds. The van der Waals surface area contributed by atoms with Gasteiger partial charge in [0.1, 0.15) is 11.6 Å². The molecule has 1 aromatic heterocycles. The topological polar surface area (TPSA) is 57.8 Å². The third-order valence-electron chi connectivity index (χ3n) is 5.00. The molecule has 152 valence electrons. The molecule has 1 heterocycles. The number of nitrogens with zero attached hydrogens (tertiary/aromatic N) is 2. The molecular formula is C24H21Cl2N3O. The van der Waals surface area contributed by atoms with Gasteiger partial charge in [-0.1, -0.05) is 35.3 Å². The predicted molar refractivity (Wildman–Crippen MR) is 123 cm³/mol. The maximum atomic E-state index is 12.7. The lowest BCUT2D eigenvalue weighted by Crippen LogP contribution is -2.14. The van der Waals surface area contributed by atoms with Gasteiger partial charge in [0.05, 0.1) is 0 Å². The van der Waals surface area contributed by atoms with Crippen LogP contribution in [0.2, 0.25) is 10.0 Å². The van der Waals surface area contributed by atoms with Gasteiger partial charge in [-0.2, -0.15) is 5.26 Å². The van der Waals surface area contributed by atoms with Crippen LogP contribution in [0.15, 0.2) is 48.0 Å². The van der Waals surface area contributed by atoms with Gasteiger partial charge in [-0.25, -0.2) is 0 Å². The average Bonchev–Trinajstić information content (AvgIpc) is 2.98. The molecule has 0 aliphatic carbocycles. The van der Waals surface area contributed by atoms with E-state index in [4.69, 9.17) is 23.2 Å². The van der Waals surface area contributed by atoms with Gasteiger partial charge in [0, 0.05) is 32.8 Å². The molecule has 0 aliphatic rings. The van der Waals surface area contributed by atoms with Gasteiger partial charge in [-0.3, -0.25) is 4.79 Å². The van der Waals surface area contributed by atoms with Gasteiger partial charge in [0.2, 0.25) is 0 Å². The number of hydrogen-bond donors (Lipinski definition) is 1. The summed E-state index contributed by atoms with van der Waals surface area (Å²) in [5.74, 6) is -0.481. The zero-order chi connectivity index (χ0) is 22.0. The van der Waals surface area contributed by atoms with Crippen LogP contribution in [0.5, 0.6) is 0 Å². The Balaban J connectivity index is 1.96. The highest BCUT2D eigenvalue weighted by Gasteiger charge is 2.15. The fourth-order valence-electron chi connectivity index (χ4n) is 3.27. The van der Waals surface area contributed by atoms with Gasteiger partial charge in [-0.15, -0.1) is 0 Å². The minimum Gasteiger partial charge on any atom is -0.321 e. The molecule has 0 saturated carbocycles. The molecule has 0 unspecified atom stereocenters. The number of benzene rings is 2. The highest BCUT2D eigenvalue weighted by molar-refractivity contribution is 6.31. The van der Waals surface area contributed by atoms with E-state index in [1.807, 2.05) is 68.7 Å². The molecule has 3 rings (SSSR count). The number of halogens is 2. The fraction of sp³-hybridized carbons (Fsp3) is 0.167. The first-order valence-corrected chi connectivity index (χ1v) is 10.1. The van der Waals surface area contributed by atoms with E-state index in [2.05, 4.69) is 5.32 Å². The highest BCUT2D eigenvalue weighted by atomic mass is 35.5. The number of carbonyl (C=O) groups is 1. The number of aryl methyl sites for hydroxylation is 3. The lowest BCUT2D eigenvalue weighted by molar-refractivity contribution is -0.112. The number of anilines is 1. The van der Waals surface area contributed by atoms with Crippen molar-refractivity contribution in [1.29, 1.82) is 5.26 Å². The van der Waals surface area contributed by atoms with E-state index < -0.39 is 5.91 Å². The van der Waals surface area contributed by atoms with Crippen molar-refractivity contribution in [2.24, 2.45) is 0 Å². The van der Waals surface area contributed by atoms with Crippen molar-refractivity contribution in [3.05, 3.63) is 86.2 Å². The first-order chi connectivity index (χ1) is 14.2. The van der Waals surface area contributed by atoms with Crippen molar-refractivity contribution in [3.63, 3.8) is 0 Å². The van der Waals surface area contributed by atoms with Crippen LogP contribution < -0.4 is 5.32 Å². The summed E-state index contributed by atoms with van der Waals surface area (Å²) >= 11 is 12.3. The Morgan fingerprint density at radius 2 is 1.73 bits per heavy atom. The number of nitriles is 1. The summed E-state index contributed by atoms with van der Waals surface area (Å²) in [5.41, 5.74) is 6.05. The summed E-state index contributed by atoms with van der Waals surface area (Å²) in [4.78, 5) is 12.7. The normalized spacial score (nSPS) is 11.3. The summed E-state index contributed by atoms with van der Waals surface area (Å²) in [5, 5.41) is 13.6. The Labute approximate surface area is 186 Å². The number of amides is 1. The minimum absolute atomic E-state index is 0.0107. The van der Waals surface area contributed by atoms with Crippen LogP contribution in [0, 0.1) is 39.0 Å². The zero-order valence-electron chi connectivity index (χ0n) is 17.2. The molecule has 0 bridgehead atoms. The van der Waals surface area contributed by atoms with Gasteiger partial charge >= 0.3 is 0 Å². The lowest BCUT2D eigenvalue weighted by atomic mass is 10.1. The molecule has 0 fully saturated rings. The number of rotatable bonds is 4. The third kappa shape index (κ3) is 4.43. The van der Waals surface area contributed by atoms with Crippen LogP contribution in [0.3, 0.4) is 0 Å². The van der Waals surface area contributed by atoms with Gasteiger partial charge < -0.3 is 9.88 Å². The van der Waals surface area contributed by atoms with E-state index in [0.717, 1.165) is 33.8 Å². The summed E-state index contributed by atoms with van der Waals surface area (Å²) in [7, 11) is 0. The summed E-state index contributed by atoms with van der Waals surface area (Å²) < 4.78 is 2.05. The molecule has 2 aromatic carbocycles. The van der Waals surface area contributed by atoms with Crippen LogP contribution in [0.4, 0.5) is 5.69 Å². The van der Waals surface area contributed by atoms with Gasteiger partial charge in [0.25, 0.3) is 5.91 Å². The second-order valence-electron chi connectivity index (χ2n) is 7.18. The van der Waals surface area contributed by atoms with Crippen LogP contribution in [0.1, 0.15) is 28.1 Å². The smallest absolute Gasteiger partial charge is 0.266 e. The Kier molecular flexibility index (Phi) is 6.36. The summed E-state index contributed by atoms with van der Waals surface area (Å²) in [6.07, 6.45) is 1.60. The number of hydrogen-bond acceptors (Lipinski definition) is 2. The van der Waals surface area contributed by atoms with Crippen molar-refractivity contribution in [1.82, 2.24) is 4.57 Å². The lowest BCUT2D eigenvalue weighted by Gasteiger charge is -2.11. The second-order valence-corrected chi connectivity index (χ2v) is 8.02. The second kappa shape index (κ2) is 8.79. The van der Waals surface area contributed by atoms with Gasteiger partial charge in [0.15, 0.2) is 0 Å². The molecule has 0 atom stereocenters. The maximum absolute atomic E-state index is 12.7. The van der Waals surface area contributed by atoms with Crippen LogP contribution >= 0.6 is 23.2 Å². The number of nitrogens with one attached hydrogen (secondary N) is 1. The van der Waals surface area contributed by atoms with E-state index in [1.54, 1.807) is 18.2 Å². The Morgan fingerprint density at radius 3 is 2.40 bits per heavy atom. The SMILES string of the molecule is Cc1ccc(-n2c(C)cc(/C=C(\C#N)C(=O)Nc3cc(Cl)ccc3C)c2C)cc1Cl. The van der Waals surface area contributed by atoms with Crippen LogP contribution in [-0.2, 0) is 4.79 Å². The maximum Gasteiger partial charge on any atom is 0.266 e. The molecule has 1 N–H and O–H groups in total. The van der Waals surface area contributed by atoms with E-state index >= 15 is 0 Å². The highest BCUT2D eigenvalue weighted by Crippen LogP contribution is 2.26. The van der Waals surface area contributed by atoms with Crippen molar-refractivity contribution >= 4 is 40.9 Å². The van der Waals surface area contributed by atoms with Crippen molar-refractivity contribution in [2.45, 2.75) is 27.7 Å². The first kappa shape index (κ1) is 21.7. The van der Waals surface area contributed by atoms with Crippen molar-refractivity contribution in [2.75, 3.05) is 5.32 Å². The number of aromatic nitrogens is 1. The Morgan fingerprint density at radius 1 is 1.03 bits per heavy atom. The molecule has 0 saturated heterocycles. The number of carbonyl (C=O) groups excluding carboxylic acids is 1. The quantitative estimate of drug-likeness (QED) is 0.370. The molecule has 0 aliphatic heterocycles. The van der Waals surface area contributed by atoms with E-state index in [9.17, 15) is 10.1 Å². The Bertz CT molecular complexity index is 1220. The third-order valence-corrected chi connectivity index (χ3v) is 5.64. The van der Waals surface area contributed by atoms with Gasteiger partial charge in [-0.05, 0) is 80.8 Å². The molecule has 3 aromatic rings. The molecule has 0 spiro atoms. The molecule has 4 nitrogen and oxygen atoms in total. The molecular weight excluding hydrogens is 417 g/mol. The standard InChI is InChI=1S/C24H21Cl2N3O/c1-14-6-8-21(12-22(14)26)29-16(3)9-18(17(29)4)10-19(13-27)24(30)28-23-11-20(25)7-5-15(23)2/h5-12H,1-4H3,(H,28,30)/b19-10+. The molecule has 6 heteroatoms. The first-order valence-electron chi connectivity index (χ1n) is 9.36. The van der Waals surface area contributed by atoms with Crippen molar-refractivity contribution < 1.29 is 4.79 Å². The molecule has 30 heavy (non-hydrogen) atoms. The van der Waals surface area contributed by atoms with Crippen LogP contribution in [0.25, 0.3) is 11.8 Å². The summed E-state index contributed by atoms with van der Waals surface area (Å²) in [6.45, 7) is 7.73. The zero-order valence-corrected chi connectivity index (χ0v) is 18.7.